The van der Waals surface area contributed by atoms with Gasteiger partial charge in [0.1, 0.15) is 28.9 Å². The van der Waals surface area contributed by atoms with Crippen molar-refractivity contribution in [3.8, 4) is 17.2 Å². The Kier molecular flexibility index (Phi) is 4.52. The van der Waals surface area contributed by atoms with E-state index in [-0.39, 0.29) is 0 Å². The van der Waals surface area contributed by atoms with Crippen LogP contribution in [0.2, 0.25) is 0 Å². The predicted molar refractivity (Wildman–Crippen MR) is 82.1 cm³/mol. The minimum Gasteiger partial charge on any atom is -0.257 e. The highest BCUT2D eigenvalue weighted by molar-refractivity contribution is 5.96. The van der Waals surface area contributed by atoms with Gasteiger partial charge in [-0.25, -0.2) is 8.78 Å². The van der Waals surface area contributed by atoms with Gasteiger partial charge < -0.3 is 0 Å². The lowest BCUT2D eigenvalue weighted by molar-refractivity contribution is 0.584. The molecule has 22 heavy (non-hydrogen) atoms. The highest BCUT2D eigenvalue weighted by atomic mass is 19.1. The quantitative estimate of drug-likeness (QED) is 0.667. The van der Waals surface area contributed by atoms with Crippen LogP contribution < -0.4 is 0 Å². The third kappa shape index (κ3) is 2.68. The molecule has 5 heteroatoms. The molecule has 0 N–H and O–H groups in total. The van der Waals surface area contributed by atoms with E-state index in [0.29, 0.717) is 27.7 Å². The van der Waals surface area contributed by atoms with E-state index >= 15 is 0 Å². The van der Waals surface area contributed by atoms with Crippen molar-refractivity contribution in [2.75, 3.05) is 0 Å². The lowest BCUT2D eigenvalue weighted by Gasteiger charge is -2.03. The van der Waals surface area contributed by atoms with Crippen molar-refractivity contribution in [1.82, 2.24) is 9.78 Å². The second kappa shape index (κ2) is 6.35. The van der Waals surface area contributed by atoms with E-state index in [1.54, 1.807) is 25.2 Å². The molecule has 0 bridgehead atoms. The molecule has 1 heterocycles. The average Bonchev–Trinajstić information content (AvgIpc) is 2.83. The second-order valence-corrected chi connectivity index (χ2v) is 4.44. The summed E-state index contributed by atoms with van der Waals surface area (Å²) in [5, 5.41) is 14.1. The van der Waals surface area contributed by atoms with Gasteiger partial charge in [-0.1, -0.05) is 26.0 Å². The highest BCUT2D eigenvalue weighted by Gasteiger charge is 2.13. The zero-order valence-corrected chi connectivity index (χ0v) is 12.6. The molecule has 0 amide bonds. The van der Waals surface area contributed by atoms with Crippen molar-refractivity contribution in [1.29, 1.82) is 5.26 Å². The minimum atomic E-state index is -0.645. The van der Waals surface area contributed by atoms with Gasteiger partial charge in [0.25, 0.3) is 0 Å². The Balaban J connectivity index is 0.000000847. The molecule has 0 aliphatic carbocycles. The number of hydrogen-bond donors (Lipinski definition) is 0. The normalized spacial score (nSPS) is 10.0. The molecular formula is C17H15F2N3. The van der Waals surface area contributed by atoms with Gasteiger partial charge in [-0.15, -0.1) is 0 Å². The fourth-order valence-corrected chi connectivity index (χ4v) is 2.29. The van der Waals surface area contributed by atoms with Crippen molar-refractivity contribution < 1.29 is 8.78 Å². The van der Waals surface area contributed by atoms with E-state index in [1.165, 1.54) is 16.8 Å². The molecular weight excluding hydrogens is 284 g/mol. The maximum absolute atomic E-state index is 13.3. The molecule has 2 aromatic carbocycles. The highest BCUT2D eigenvalue weighted by Crippen LogP contribution is 2.30. The molecule has 0 saturated carbocycles. The maximum atomic E-state index is 13.3. The molecule has 0 spiro atoms. The van der Waals surface area contributed by atoms with Crippen LogP contribution in [0.1, 0.15) is 19.5 Å². The van der Waals surface area contributed by atoms with Gasteiger partial charge in [-0.2, -0.15) is 10.4 Å². The first-order valence-corrected chi connectivity index (χ1v) is 6.92. The number of nitriles is 1. The first kappa shape index (κ1) is 15.6. The van der Waals surface area contributed by atoms with E-state index in [1.807, 2.05) is 13.8 Å². The van der Waals surface area contributed by atoms with Gasteiger partial charge in [0, 0.05) is 24.1 Å². The van der Waals surface area contributed by atoms with Crippen molar-refractivity contribution in [3.05, 3.63) is 53.7 Å². The van der Waals surface area contributed by atoms with E-state index in [0.717, 1.165) is 6.07 Å². The van der Waals surface area contributed by atoms with Crippen LogP contribution in [0.4, 0.5) is 8.78 Å². The van der Waals surface area contributed by atoms with Crippen LogP contribution >= 0.6 is 0 Å². The van der Waals surface area contributed by atoms with Crippen LogP contribution in [-0.2, 0) is 7.05 Å². The smallest absolute Gasteiger partial charge is 0.146 e. The number of nitrogens with zero attached hydrogens (tertiary/aromatic N) is 3. The summed E-state index contributed by atoms with van der Waals surface area (Å²) in [6, 6.07) is 10.6. The molecule has 112 valence electrons. The maximum Gasteiger partial charge on any atom is 0.146 e. The van der Waals surface area contributed by atoms with Gasteiger partial charge in [0.15, 0.2) is 0 Å². The fraction of sp³-hybridized carbons (Fsp3) is 0.176. The standard InChI is InChI=1S/C15H9F2N3.C2H6/c1-20-14(8-18)13-4-2-3-12(15(13)19-20)9-5-10(16)7-11(17)6-9;1-2/h2-7H,1H3;1-2H3. The summed E-state index contributed by atoms with van der Waals surface area (Å²) in [5.41, 5.74) is 1.96. The van der Waals surface area contributed by atoms with Crippen LogP contribution in [0.5, 0.6) is 0 Å². The Labute approximate surface area is 127 Å². The number of rotatable bonds is 1. The Morgan fingerprint density at radius 3 is 2.32 bits per heavy atom. The molecule has 3 aromatic rings. The Morgan fingerprint density at radius 1 is 1.09 bits per heavy atom. The van der Waals surface area contributed by atoms with Gasteiger partial charge in [-0.05, 0) is 23.8 Å². The van der Waals surface area contributed by atoms with Gasteiger partial charge in [0.2, 0.25) is 0 Å². The van der Waals surface area contributed by atoms with Gasteiger partial charge in [-0.3, -0.25) is 4.68 Å². The van der Waals surface area contributed by atoms with Crippen LogP contribution in [-0.4, -0.2) is 9.78 Å². The fourth-order valence-electron chi connectivity index (χ4n) is 2.29. The van der Waals surface area contributed by atoms with Crippen molar-refractivity contribution >= 4 is 10.9 Å². The summed E-state index contributed by atoms with van der Waals surface area (Å²) in [7, 11) is 1.66. The van der Waals surface area contributed by atoms with Crippen molar-refractivity contribution in [3.63, 3.8) is 0 Å². The molecule has 0 unspecified atom stereocenters. The topological polar surface area (TPSA) is 41.6 Å². The summed E-state index contributed by atoms with van der Waals surface area (Å²) in [6.07, 6.45) is 0. The van der Waals surface area contributed by atoms with Crippen molar-refractivity contribution in [2.24, 2.45) is 7.05 Å². The summed E-state index contributed by atoms with van der Waals surface area (Å²) >= 11 is 0. The second-order valence-electron chi connectivity index (χ2n) is 4.44. The van der Waals surface area contributed by atoms with Crippen LogP contribution in [0.15, 0.2) is 36.4 Å². The lowest BCUT2D eigenvalue weighted by atomic mass is 10.0. The predicted octanol–water partition coefficient (Wildman–Crippen LogP) is 4.42. The number of hydrogen-bond acceptors (Lipinski definition) is 2. The molecule has 0 aliphatic rings. The number of halogens is 2. The number of aryl methyl sites for hydroxylation is 1. The summed E-state index contributed by atoms with van der Waals surface area (Å²) in [5.74, 6) is -1.29. The monoisotopic (exact) mass is 299 g/mol. The van der Waals surface area contributed by atoms with Crippen LogP contribution in [0.25, 0.3) is 22.0 Å². The summed E-state index contributed by atoms with van der Waals surface area (Å²) in [4.78, 5) is 0. The van der Waals surface area contributed by atoms with Crippen LogP contribution in [0.3, 0.4) is 0 Å². The zero-order valence-electron chi connectivity index (χ0n) is 12.6. The molecule has 0 saturated heterocycles. The number of fused-ring (bicyclic) bond motifs is 1. The van der Waals surface area contributed by atoms with E-state index < -0.39 is 11.6 Å². The molecule has 0 aliphatic heterocycles. The first-order chi connectivity index (χ1) is 10.6. The molecule has 3 rings (SSSR count). The minimum absolute atomic E-state index is 0.399. The summed E-state index contributed by atoms with van der Waals surface area (Å²) < 4.78 is 28.2. The molecule has 0 radical (unpaired) electrons. The van der Waals surface area contributed by atoms with Gasteiger partial charge in [0.05, 0.1) is 0 Å². The zero-order chi connectivity index (χ0) is 16.3. The van der Waals surface area contributed by atoms with E-state index in [9.17, 15) is 8.78 Å². The first-order valence-electron chi connectivity index (χ1n) is 6.92. The van der Waals surface area contributed by atoms with E-state index in [2.05, 4.69) is 11.2 Å². The number of benzene rings is 2. The lowest BCUT2D eigenvalue weighted by Crippen LogP contribution is -1.92. The third-order valence-electron chi connectivity index (χ3n) is 3.14. The molecule has 0 atom stereocenters. The summed E-state index contributed by atoms with van der Waals surface area (Å²) in [6.45, 7) is 4.00. The molecule has 0 fully saturated rings. The average molecular weight is 299 g/mol. The SMILES string of the molecule is CC.Cn1nc2c(-c3cc(F)cc(F)c3)cccc2c1C#N. The Morgan fingerprint density at radius 2 is 1.73 bits per heavy atom. The molecule has 3 nitrogen and oxygen atoms in total. The van der Waals surface area contributed by atoms with E-state index in [4.69, 9.17) is 5.26 Å². The van der Waals surface area contributed by atoms with Gasteiger partial charge >= 0.3 is 0 Å². The van der Waals surface area contributed by atoms with Crippen LogP contribution in [0, 0.1) is 23.0 Å². The Hall–Kier alpha value is -2.74. The van der Waals surface area contributed by atoms with Crippen molar-refractivity contribution in [2.45, 2.75) is 13.8 Å². The molecule has 1 aromatic heterocycles. The third-order valence-corrected chi connectivity index (χ3v) is 3.14. The Bertz CT molecular complexity index is 840. The largest absolute Gasteiger partial charge is 0.257 e. The number of aromatic nitrogens is 2.